The molecule has 122 valence electrons. The molecule has 5 nitrogen and oxygen atoms in total. The third kappa shape index (κ3) is 3.70. The third-order valence-corrected chi connectivity index (χ3v) is 3.86. The van der Waals surface area contributed by atoms with Gasteiger partial charge in [-0.15, -0.1) is 0 Å². The summed E-state index contributed by atoms with van der Waals surface area (Å²) in [6, 6.07) is 9.15. The Kier molecular flexibility index (Phi) is 4.60. The Morgan fingerprint density at radius 2 is 1.74 bits per heavy atom. The first kappa shape index (κ1) is 15.5. The summed E-state index contributed by atoms with van der Waals surface area (Å²) < 4.78 is 13.9. The monoisotopic (exact) mass is 315 g/mol. The van der Waals surface area contributed by atoms with Crippen LogP contribution in [0.1, 0.15) is 13.8 Å². The van der Waals surface area contributed by atoms with E-state index in [1.807, 2.05) is 18.2 Å². The van der Waals surface area contributed by atoms with Crippen LogP contribution in [0.2, 0.25) is 0 Å². The molecule has 0 spiro atoms. The van der Waals surface area contributed by atoms with Crippen LogP contribution >= 0.6 is 0 Å². The van der Waals surface area contributed by atoms with Gasteiger partial charge in [0.2, 0.25) is 5.95 Å². The second-order valence-electron chi connectivity index (χ2n) is 5.96. The molecule has 2 heterocycles. The van der Waals surface area contributed by atoms with Gasteiger partial charge in [0.1, 0.15) is 11.6 Å². The molecule has 1 fully saturated rings. The topological polar surface area (TPSA) is 44.3 Å². The summed E-state index contributed by atoms with van der Waals surface area (Å²) in [5, 5.41) is 3.22. The Morgan fingerprint density at radius 3 is 2.43 bits per heavy atom. The highest BCUT2D eigenvalue weighted by Crippen LogP contribution is 2.22. The summed E-state index contributed by atoms with van der Waals surface area (Å²) >= 11 is 0. The van der Waals surface area contributed by atoms with Crippen LogP contribution in [-0.4, -0.2) is 42.2 Å². The number of nitrogens with zero attached hydrogens (tertiary/aromatic N) is 4. The lowest BCUT2D eigenvalue weighted by atomic mass is 10.2. The average Bonchev–Trinajstić information content (AvgIpc) is 2.55. The number of halogens is 1. The summed E-state index contributed by atoms with van der Waals surface area (Å²) in [5.41, 5.74) is 0.678. The van der Waals surface area contributed by atoms with E-state index in [2.05, 4.69) is 38.9 Å². The molecular formula is C17H22FN5. The summed E-state index contributed by atoms with van der Waals surface area (Å²) in [6.07, 6.45) is 1.77. The number of rotatable bonds is 4. The van der Waals surface area contributed by atoms with Crippen molar-refractivity contribution in [3.8, 4) is 0 Å². The first-order chi connectivity index (χ1) is 11.1. The zero-order chi connectivity index (χ0) is 16.2. The fourth-order valence-corrected chi connectivity index (χ4v) is 2.74. The molecule has 3 rings (SSSR count). The van der Waals surface area contributed by atoms with Crippen molar-refractivity contribution in [2.45, 2.75) is 19.9 Å². The molecule has 2 aromatic rings. The van der Waals surface area contributed by atoms with E-state index in [0.29, 0.717) is 17.7 Å². The highest BCUT2D eigenvalue weighted by Gasteiger charge is 2.20. The molecule has 0 saturated carbocycles. The Bertz CT molecular complexity index is 653. The van der Waals surface area contributed by atoms with Crippen LogP contribution in [0.3, 0.4) is 0 Å². The number of benzene rings is 1. The Balaban J connectivity index is 1.66. The molecule has 0 atom stereocenters. The summed E-state index contributed by atoms with van der Waals surface area (Å²) in [4.78, 5) is 13.1. The lowest BCUT2D eigenvalue weighted by molar-refractivity contribution is 0.596. The minimum Gasteiger partial charge on any atom is -0.366 e. The fraction of sp³-hybridized carbons (Fsp3) is 0.412. The molecule has 0 bridgehead atoms. The normalized spacial score (nSPS) is 15.1. The van der Waals surface area contributed by atoms with Crippen LogP contribution < -0.4 is 15.1 Å². The van der Waals surface area contributed by atoms with E-state index in [9.17, 15) is 4.39 Å². The van der Waals surface area contributed by atoms with E-state index in [1.165, 1.54) is 6.07 Å². The summed E-state index contributed by atoms with van der Waals surface area (Å²) in [7, 11) is 0. The van der Waals surface area contributed by atoms with E-state index in [1.54, 1.807) is 12.3 Å². The van der Waals surface area contributed by atoms with E-state index in [0.717, 1.165) is 32.0 Å². The van der Waals surface area contributed by atoms with Gasteiger partial charge in [-0.05, 0) is 32.0 Å². The molecule has 0 unspecified atom stereocenters. The van der Waals surface area contributed by atoms with E-state index in [-0.39, 0.29) is 5.82 Å². The van der Waals surface area contributed by atoms with Crippen molar-refractivity contribution in [2.75, 3.05) is 41.3 Å². The first-order valence-corrected chi connectivity index (χ1v) is 7.97. The number of anilines is 3. The molecule has 1 saturated heterocycles. The molecule has 1 N–H and O–H groups in total. The van der Waals surface area contributed by atoms with Crippen LogP contribution in [0.25, 0.3) is 0 Å². The number of nitrogens with one attached hydrogen (secondary N) is 1. The predicted molar refractivity (Wildman–Crippen MR) is 91.6 cm³/mol. The van der Waals surface area contributed by atoms with Gasteiger partial charge in [0.25, 0.3) is 0 Å². The number of hydrogen-bond acceptors (Lipinski definition) is 5. The zero-order valence-corrected chi connectivity index (χ0v) is 13.5. The van der Waals surface area contributed by atoms with Gasteiger partial charge in [-0.1, -0.05) is 12.1 Å². The lowest BCUT2D eigenvalue weighted by Crippen LogP contribution is -2.47. The first-order valence-electron chi connectivity index (χ1n) is 7.97. The Hall–Kier alpha value is -2.37. The van der Waals surface area contributed by atoms with Gasteiger partial charge in [0, 0.05) is 38.4 Å². The molecule has 0 aliphatic carbocycles. The smallest absolute Gasteiger partial charge is 0.224 e. The zero-order valence-electron chi connectivity index (χ0n) is 13.5. The van der Waals surface area contributed by atoms with Crippen molar-refractivity contribution in [3.63, 3.8) is 0 Å². The SMILES string of the molecule is CC(C)Nc1nccc(N2CCN(c3ccccc3F)CC2)n1. The molecule has 1 aromatic carbocycles. The number of piperazine rings is 1. The molecular weight excluding hydrogens is 293 g/mol. The van der Waals surface area contributed by atoms with Crippen molar-refractivity contribution in [1.29, 1.82) is 0 Å². The number of aromatic nitrogens is 2. The maximum absolute atomic E-state index is 13.9. The largest absolute Gasteiger partial charge is 0.366 e. The van der Waals surface area contributed by atoms with Crippen LogP contribution in [0.5, 0.6) is 0 Å². The van der Waals surface area contributed by atoms with Crippen LogP contribution in [-0.2, 0) is 0 Å². The van der Waals surface area contributed by atoms with Gasteiger partial charge in [-0.3, -0.25) is 0 Å². The van der Waals surface area contributed by atoms with Crippen molar-refractivity contribution in [3.05, 3.63) is 42.3 Å². The lowest BCUT2D eigenvalue weighted by Gasteiger charge is -2.36. The average molecular weight is 315 g/mol. The molecule has 23 heavy (non-hydrogen) atoms. The molecule has 0 radical (unpaired) electrons. The molecule has 1 aliphatic heterocycles. The van der Waals surface area contributed by atoms with Gasteiger partial charge in [-0.2, -0.15) is 4.98 Å². The van der Waals surface area contributed by atoms with Crippen molar-refractivity contribution in [2.24, 2.45) is 0 Å². The van der Waals surface area contributed by atoms with Gasteiger partial charge < -0.3 is 15.1 Å². The minimum absolute atomic E-state index is 0.161. The summed E-state index contributed by atoms with van der Waals surface area (Å²) in [5.74, 6) is 1.40. The predicted octanol–water partition coefficient (Wildman–Crippen LogP) is 2.76. The van der Waals surface area contributed by atoms with Gasteiger partial charge in [-0.25, -0.2) is 9.37 Å². The second-order valence-corrected chi connectivity index (χ2v) is 5.96. The Morgan fingerprint density at radius 1 is 1.04 bits per heavy atom. The van der Waals surface area contributed by atoms with E-state index < -0.39 is 0 Å². The fourth-order valence-electron chi connectivity index (χ4n) is 2.74. The van der Waals surface area contributed by atoms with Gasteiger partial charge in [0.05, 0.1) is 5.69 Å². The quantitative estimate of drug-likeness (QED) is 0.940. The van der Waals surface area contributed by atoms with Crippen LogP contribution in [0.4, 0.5) is 21.8 Å². The molecule has 0 amide bonds. The maximum atomic E-state index is 13.9. The Labute approximate surface area is 136 Å². The number of hydrogen-bond donors (Lipinski definition) is 1. The van der Waals surface area contributed by atoms with E-state index >= 15 is 0 Å². The second kappa shape index (κ2) is 6.81. The van der Waals surface area contributed by atoms with Crippen molar-refractivity contribution in [1.82, 2.24) is 9.97 Å². The number of para-hydroxylation sites is 1. The van der Waals surface area contributed by atoms with Crippen molar-refractivity contribution < 1.29 is 4.39 Å². The molecule has 6 heteroatoms. The van der Waals surface area contributed by atoms with Gasteiger partial charge in [0.15, 0.2) is 0 Å². The van der Waals surface area contributed by atoms with E-state index in [4.69, 9.17) is 0 Å². The highest BCUT2D eigenvalue weighted by molar-refractivity contribution is 5.51. The van der Waals surface area contributed by atoms with Crippen molar-refractivity contribution >= 4 is 17.5 Å². The van der Waals surface area contributed by atoms with Gasteiger partial charge >= 0.3 is 0 Å². The molecule has 1 aromatic heterocycles. The third-order valence-electron chi connectivity index (χ3n) is 3.86. The highest BCUT2D eigenvalue weighted by atomic mass is 19.1. The maximum Gasteiger partial charge on any atom is 0.224 e. The standard InChI is InChI=1S/C17H22FN5/c1-13(2)20-17-19-8-7-16(21-17)23-11-9-22(10-12-23)15-6-4-3-5-14(15)18/h3-8,13H,9-12H2,1-2H3,(H,19,20,21). The minimum atomic E-state index is -0.161. The van der Waals surface area contributed by atoms with Crippen LogP contribution in [0.15, 0.2) is 36.5 Å². The summed E-state index contributed by atoms with van der Waals surface area (Å²) in [6.45, 7) is 7.29. The molecule has 1 aliphatic rings. The van der Waals surface area contributed by atoms with Crippen LogP contribution in [0, 0.1) is 5.82 Å².